The van der Waals surface area contributed by atoms with E-state index in [1.807, 2.05) is 34.6 Å². The molecule has 0 radical (unpaired) electrons. The average Bonchev–Trinajstić information content (AvgIpc) is 0.862. The summed E-state index contributed by atoms with van der Waals surface area (Å²) in [6, 6.07) is 44.2. The average molecular weight is 1470 g/mol. The molecule has 0 aliphatic carbocycles. The molecule has 0 aliphatic rings. The predicted octanol–water partition coefficient (Wildman–Crippen LogP) is 24.1. The lowest BCUT2D eigenvalue weighted by molar-refractivity contribution is -0.253. The van der Waals surface area contributed by atoms with Gasteiger partial charge in [0.25, 0.3) is 0 Å². The lowest BCUT2D eigenvalue weighted by atomic mass is 9.87. The summed E-state index contributed by atoms with van der Waals surface area (Å²) < 4.78 is 278. The highest BCUT2D eigenvalue weighted by Crippen LogP contribution is 2.36. The van der Waals surface area contributed by atoms with Crippen LogP contribution in [-0.2, 0) is 17.3 Å². The van der Waals surface area contributed by atoms with Crippen molar-refractivity contribution in [2.75, 3.05) is 20.3 Å². The number of benzene rings is 7. The molecule has 28 heteroatoms. The van der Waals surface area contributed by atoms with E-state index in [4.69, 9.17) is 14.2 Å². The predicted molar refractivity (Wildman–Crippen MR) is 347 cm³/mol. The zero-order valence-electron chi connectivity index (χ0n) is 57.8. The van der Waals surface area contributed by atoms with Crippen LogP contribution in [0.2, 0.25) is 0 Å². The summed E-state index contributed by atoms with van der Waals surface area (Å²) in [5, 5.41) is 0. The van der Waals surface area contributed by atoms with Crippen LogP contribution in [0.3, 0.4) is 0 Å². The van der Waals surface area contributed by atoms with Crippen molar-refractivity contribution in [3.05, 3.63) is 203 Å². The summed E-state index contributed by atoms with van der Waals surface area (Å²) in [6.45, 7) is 27.0. The zero-order chi connectivity index (χ0) is 77.3. The number of hydrogen-bond acceptors (Lipinski definition) is 8. The van der Waals surface area contributed by atoms with Crippen LogP contribution in [0.15, 0.2) is 170 Å². The number of rotatable bonds is 23. The molecule has 0 N–H and O–H groups in total. The van der Waals surface area contributed by atoms with Crippen LogP contribution >= 0.6 is 0 Å². The zero-order valence-corrected chi connectivity index (χ0v) is 57.8. The Hall–Kier alpha value is -8.46. The van der Waals surface area contributed by atoms with Crippen LogP contribution in [-0.4, -0.2) is 83.0 Å². The molecule has 1 atom stereocenters. The molecular formula is C73H84F20O8. The molecule has 101 heavy (non-hydrogen) atoms. The maximum absolute atomic E-state index is 12.6. The Morgan fingerprint density at radius 1 is 0.327 bits per heavy atom. The topological polar surface area (TPSA) is 73.8 Å². The van der Waals surface area contributed by atoms with Gasteiger partial charge in [-0.05, 0) is 164 Å². The molecule has 7 aromatic carbocycles. The summed E-state index contributed by atoms with van der Waals surface area (Å²) in [5.74, 6) is -0.460. The normalized spacial score (nSPS) is 12.0. The van der Waals surface area contributed by atoms with Crippen molar-refractivity contribution < 1.29 is 126 Å². The Balaban J connectivity index is 0.000000594. The minimum Gasteiger partial charge on any atom is -0.497 e. The van der Waals surface area contributed by atoms with Crippen molar-refractivity contribution in [2.24, 2.45) is 0 Å². The monoisotopic (exact) mass is 1470 g/mol. The molecule has 7 aromatic rings. The van der Waals surface area contributed by atoms with Crippen molar-refractivity contribution in [1.29, 1.82) is 0 Å². The van der Waals surface area contributed by atoms with Gasteiger partial charge in [0.15, 0.2) is 11.5 Å². The molecule has 8 nitrogen and oxygen atoms in total. The summed E-state index contributed by atoms with van der Waals surface area (Å²) in [6.07, 6.45) is -39.6. The molecule has 0 aliphatic heterocycles. The Morgan fingerprint density at radius 2 is 0.604 bits per heavy atom. The number of methoxy groups -OCH3 is 1. The molecule has 0 saturated carbocycles. The van der Waals surface area contributed by atoms with Crippen molar-refractivity contribution in [3.63, 3.8) is 0 Å². The van der Waals surface area contributed by atoms with Gasteiger partial charge in [-0.25, -0.2) is 0 Å². The van der Waals surface area contributed by atoms with Crippen molar-refractivity contribution >= 4 is 0 Å². The summed E-state index contributed by atoms with van der Waals surface area (Å²) in [4.78, 5) is 0. The molecular weight excluding hydrogens is 1380 g/mol. The maximum atomic E-state index is 12.6. The number of halogens is 20. The highest BCUT2D eigenvalue weighted by Gasteiger charge is 2.47. The Bertz CT molecular complexity index is 3350. The molecule has 0 aromatic heterocycles. The van der Waals surface area contributed by atoms with Crippen LogP contribution in [0.1, 0.15) is 122 Å². The second-order valence-electron chi connectivity index (χ2n) is 23.4. The molecule has 7 rings (SSSR count). The smallest absolute Gasteiger partial charge is 0.461 e. The van der Waals surface area contributed by atoms with Gasteiger partial charge >= 0.3 is 62.7 Å². The number of aryl methyl sites for hydroxylation is 3. The van der Waals surface area contributed by atoms with E-state index in [1.165, 1.54) is 96.1 Å². The first kappa shape index (κ1) is 90.6. The summed E-state index contributed by atoms with van der Waals surface area (Å²) in [5.41, 5.74) is 7.51. The lowest BCUT2D eigenvalue weighted by Gasteiger charge is -2.20. The van der Waals surface area contributed by atoms with Gasteiger partial charge in [0, 0.05) is 0 Å². The first-order chi connectivity index (χ1) is 46.7. The van der Waals surface area contributed by atoms with Gasteiger partial charge in [0.2, 0.25) is 0 Å². The number of para-hydroxylation sites is 2. The van der Waals surface area contributed by atoms with Crippen LogP contribution in [0.5, 0.6) is 46.0 Å². The van der Waals surface area contributed by atoms with E-state index in [-0.39, 0.29) is 46.2 Å². The van der Waals surface area contributed by atoms with Gasteiger partial charge in [-0.1, -0.05) is 158 Å². The molecule has 0 spiro atoms. The number of hydrogen-bond donors (Lipinski definition) is 0. The highest BCUT2D eigenvalue weighted by molar-refractivity contribution is 5.40. The third-order valence-corrected chi connectivity index (χ3v) is 13.1. The fourth-order valence-corrected chi connectivity index (χ4v) is 7.22. The Kier molecular flexibility index (Phi) is 37.7. The van der Waals surface area contributed by atoms with Gasteiger partial charge in [-0.3, -0.25) is 0 Å². The van der Waals surface area contributed by atoms with E-state index >= 15 is 0 Å². The van der Waals surface area contributed by atoms with Crippen LogP contribution in [0.25, 0.3) is 0 Å². The van der Waals surface area contributed by atoms with Gasteiger partial charge in [-0.2, -0.15) is 87.8 Å². The number of ether oxygens (including phenoxy) is 8. The van der Waals surface area contributed by atoms with E-state index in [1.54, 1.807) is 38.1 Å². The summed E-state index contributed by atoms with van der Waals surface area (Å²) in [7, 11) is 1.39. The van der Waals surface area contributed by atoms with E-state index in [0.29, 0.717) is 24.0 Å². The first-order valence-corrected chi connectivity index (χ1v) is 30.9. The molecule has 0 amide bonds. The third kappa shape index (κ3) is 34.6. The number of alkyl halides is 20. The first-order valence-electron chi connectivity index (χ1n) is 30.9. The molecule has 0 bridgehead atoms. The van der Waals surface area contributed by atoms with Gasteiger partial charge < -0.3 is 37.9 Å². The van der Waals surface area contributed by atoms with E-state index in [0.717, 1.165) is 54.3 Å². The molecule has 1 unspecified atom stereocenters. The maximum Gasteiger partial charge on any atom is 0.461 e. The minimum atomic E-state index is -4.52. The van der Waals surface area contributed by atoms with Crippen LogP contribution in [0.4, 0.5) is 87.8 Å². The second-order valence-corrected chi connectivity index (χ2v) is 23.4. The van der Waals surface area contributed by atoms with Crippen LogP contribution in [0, 0.1) is 13.8 Å². The second kappa shape index (κ2) is 42.1. The summed E-state index contributed by atoms with van der Waals surface area (Å²) >= 11 is 0. The molecule has 0 fully saturated rings. The van der Waals surface area contributed by atoms with Gasteiger partial charge in [0.1, 0.15) is 34.5 Å². The molecule has 564 valence electrons. The molecule has 0 saturated heterocycles. The van der Waals surface area contributed by atoms with Crippen LogP contribution < -0.4 is 37.9 Å². The largest absolute Gasteiger partial charge is 0.497 e. The van der Waals surface area contributed by atoms with Crippen molar-refractivity contribution in [1.82, 2.24) is 0 Å². The van der Waals surface area contributed by atoms with E-state index in [2.05, 4.69) is 114 Å². The van der Waals surface area contributed by atoms with Gasteiger partial charge in [-0.15, -0.1) is 0 Å². The third-order valence-electron chi connectivity index (χ3n) is 13.1. The van der Waals surface area contributed by atoms with Crippen molar-refractivity contribution in [2.45, 2.75) is 182 Å². The van der Waals surface area contributed by atoms with E-state index in [9.17, 15) is 87.8 Å². The fourth-order valence-electron chi connectivity index (χ4n) is 7.22. The minimum absolute atomic E-state index is 0.00493. The van der Waals surface area contributed by atoms with Gasteiger partial charge in [0.05, 0.1) is 20.3 Å². The fraction of sp³-hybridized carbons (Fsp3) is 0.425. The van der Waals surface area contributed by atoms with Crippen molar-refractivity contribution in [3.8, 4) is 46.0 Å². The van der Waals surface area contributed by atoms with E-state index < -0.39 is 68.4 Å². The standard InChI is InChI=1S/2C12H14F4O.C11H16.2C10H10F4O2.C9H8F4O2.C9H12/c1-11(2,3)8-4-6-9(7-5-8)17-12(15,16)10(13)14;1-3-8(2)9-4-6-10(7-5-9)17-12(15,16)11(13)14;1-9-5-7-10(8-6-9)11(2,3)4;1-2-15-7-3-5-8(6-4-7)16-10(13,14)9(11)12;1-2-15-7-5-3-4-6-8(7)16-10(13,14)9(11)12;1-14-6-2-4-7(5-3-6)15-9(12,13)8(10)11;1-3-9-6-4-8(2)5-7-9/h4-7,10H,1-3H3;4-8,11H,3H2,1-2H3;5-8H,1-4H3;2*3-6,9H,2H2,1H3;2-5,8H,1H3;4-7H,3H2,1-2H3. The Labute approximate surface area is 575 Å². The Morgan fingerprint density at radius 3 is 0.901 bits per heavy atom. The lowest BCUT2D eigenvalue weighted by Crippen LogP contribution is -2.33. The SMILES string of the molecule is CC(C)(C)c1ccc(OC(F)(F)C(F)F)cc1.CCC(C)c1ccc(OC(F)(F)C(F)F)cc1.CCOc1ccc(OC(F)(F)C(F)F)cc1.CCOc1ccccc1OC(F)(F)C(F)F.CCc1ccc(C)cc1.COc1ccc(OC(F)(F)C(F)F)cc1.Cc1ccc(C(C)(C)C)cc1. The quantitative estimate of drug-likeness (QED) is 0.0587. The highest BCUT2D eigenvalue weighted by atomic mass is 19.3. The molecule has 0 heterocycles.